The first kappa shape index (κ1) is 46.3. The predicted octanol–water partition coefficient (Wildman–Crippen LogP) is 5.57. The van der Waals surface area contributed by atoms with Crippen LogP contribution in [-0.4, -0.2) is 99.8 Å². The minimum Gasteiger partial charge on any atom is -0.483 e. The topological polar surface area (TPSA) is 184 Å². The summed E-state index contributed by atoms with van der Waals surface area (Å²) in [4.78, 5) is 33.1. The molecule has 53 heavy (non-hydrogen) atoms. The third-order valence-electron chi connectivity index (χ3n) is 9.75. The van der Waals surface area contributed by atoms with Crippen LogP contribution in [0.2, 0.25) is 10.0 Å². The fourth-order valence-corrected chi connectivity index (χ4v) is 7.11. The van der Waals surface area contributed by atoms with Crippen molar-refractivity contribution >= 4 is 41.6 Å². The second-order valence-electron chi connectivity index (χ2n) is 14.2. The molecule has 11 atom stereocenters. The molecule has 0 aromatic heterocycles. The Kier molecular flexibility index (Phi) is 18.6. The van der Waals surface area contributed by atoms with Crippen LogP contribution in [0.1, 0.15) is 79.7 Å². The minimum atomic E-state index is -1.47. The first-order valence-electron chi connectivity index (χ1n) is 17.8. The molecule has 0 spiro atoms. The highest BCUT2D eigenvalue weighted by Crippen LogP contribution is 2.39. The lowest BCUT2D eigenvalue weighted by molar-refractivity contribution is -0.157. The maximum atomic E-state index is 12.9. The van der Waals surface area contributed by atoms with Gasteiger partial charge in [0.15, 0.2) is 0 Å². The van der Waals surface area contributed by atoms with Crippen molar-refractivity contribution in [3.63, 3.8) is 0 Å². The van der Waals surface area contributed by atoms with E-state index in [4.69, 9.17) is 52.1 Å². The Morgan fingerprint density at radius 3 is 2.40 bits per heavy atom. The summed E-state index contributed by atoms with van der Waals surface area (Å²) in [5.74, 6) is -1.46. The summed E-state index contributed by atoms with van der Waals surface area (Å²) in [7, 11) is 1.69. The number of rotatable bonds is 13. The van der Waals surface area contributed by atoms with Gasteiger partial charge in [0.2, 0.25) is 0 Å². The number of allylic oxidation sites excluding steroid dienone is 2. The molecule has 5 N–H and O–H groups in total. The molecule has 1 aromatic carbocycles. The normalized spacial score (nSPS) is 30.2. The lowest BCUT2D eigenvalue weighted by atomic mass is 9.87. The summed E-state index contributed by atoms with van der Waals surface area (Å²) in [6.45, 7) is 12.3. The van der Waals surface area contributed by atoms with Crippen molar-refractivity contribution in [3.8, 4) is 0 Å². The average Bonchev–Trinajstić information content (AvgIpc) is 3.86. The molecule has 298 valence electrons. The van der Waals surface area contributed by atoms with Gasteiger partial charge in [-0.1, -0.05) is 74.3 Å². The fraction of sp³-hybridized carbons (Fsp3) is 0.615. The van der Waals surface area contributed by atoms with E-state index in [1.807, 2.05) is 6.92 Å². The average molecular weight is 787 g/mol. The first-order chi connectivity index (χ1) is 24.8. The van der Waals surface area contributed by atoms with Crippen LogP contribution in [0.25, 0.3) is 0 Å². The number of esters is 2. The summed E-state index contributed by atoms with van der Waals surface area (Å²) in [5.41, 5.74) is -1.51. The van der Waals surface area contributed by atoms with Crippen LogP contribution in [0.4, 0.5) is 0 Å². The van der Waals surface area contributed by atoms with Crippen LogP contribution >= 0.6 is 23.2 Å². The molecule has 1 aromatic rings. The summed E-state index contributed by atoms with van der Waals surface area (Å²) < 4.78 is 23.1. The molecule has 0 amide bonds. The number of hydrogen-bond acceptors (Lipinski definition) is 11. The zero-order chi connectivity index (χ0) is 40.1. The SMILES string of the molecule is CC[C@H](OC)[C@@H](C)[C@H]1O[C@@H]1C(NCc1c(Cl)cccc1Cl)C(C)(O)/C=C/C=C(\C)C1OC(=O)C[C@H](O)CC[C@@](C)(O)[C@@H](OC(C)=O)/C=C/[C@@H]1C.O=CO. The molecule has 0 bridgehead atoms. The summed E-state index contributed by atoms with van der Waals surface area (Å²) in [5, 5.41) is 44.9. The highest BCUT2D eigenvalue weighted by molar-refractivity contribution is 6.35. The molecule has 0 saturated carbocycles. The van der Waals surface area contributed by atoms with Crippen LogP contribution in [0.5, 0.6) is 0 Å². The lowest BCUT2D eigenvalue weighted by Crippen LogP contribution is -2.52. The van der Waals surface area contributed by atoms with Crippen LogP contribution in [0.3, 0.4) is 0 Å². The second-order valence-corrected chi connectivity index (χ2v) is 15.0. The number of carboxylic acid groups (broad SMARTS) is 1. The Labute approximate surface area is 323 Å². The third-order valence-corrected chi connectivity index (χ3v) is 10.5. The zero-order valence-corrected chi connectivity index (χ0v) is 33.3. The molecule has 2 aliphatic rings. The van der Waals surface area contributed by atoms with E-state index >= 15 is 0 Å². The van der Waals surface area contributed by atoms with Gasteiger partial charge < -0.3 is 44.7 Å². The van der Waals surface area contributed by atoms with E-state index in [2.05, 4.69) is 19.2 Å². The highest BCUT2D eigenvalue weighted by atomic mass is 35.5. The van der Waals surface area contributed by atoms with Crippen molar-refractivity contribution in [2.75, 3.05) is 7.11 Å². The quantitative estimate of drug-likeness (QED) is 0.0552. The minimum absolute atomic E-state index is 0.00373. The molecule has 1 saturated heterocycles. The van der Waals surface area contributed by atoms with Crippen LogP contribution in [-0.2, 0) is 39.9 Å². The molecule has 0 radical (unpaired) electrons. The number of hydrogen-bond donors (Lipinski definition) is 5. The van der Waals surface area contributed by atoms with Gasteiger partial charge in [-0.15, -0.1) is 0 Å². The van der Waals surface area contributed by atoms with E-state index in [1.165, 1.54) is 13.8 Å². The number of nitrogens with one attached hydrogen (secondary N) is 1. The number of halogens is 2. The predicted molar refractivity (Wildman–Crippen MR) is 202 cm³/mol. The highest BCUT2D eigenvalue weighted by Gasteiger charge is 2.54. The van der Waals surface area contributed by atoms with E-state index in [-0.39, 0.29) is 50.0 Å². The number of cyclic esters (lactones) is 1. The van der Waals surface area contributed by atoms with Gasteiger partial charge in [0.05, 0.1) is 36.4 Å². The number of methoxy groups -OCH3 is 1. The Morgan fingerprint density at radius 1 is 1.21 bits per heavy atom. The number of epoxide rings is 1. The molecule has 3 rings (SSSR count). The van der Waals surface area contributed by atoms with Gasteiger partial charge >= 0.3 is 11.9 Å². The summed E-state index contributed by atoms with van der Waals surface area (Å²) in [6, 6.07) is 4.74. The van der Waals surface area contributed by atoms with Gasteiger partial charge in [0.1, 0.15) is 23.9 Å². The van der Waals surface area contributed by atoms with Crippen molar-refractivity contribution < 1.29 is 53.8 Å². The Bertz CT molecular complexity index is 1420. The van der Waals surface area contributed by atoms with Crippen molar-refractivity contribution in [1.82, 2.24) is 5.32 Å². The van der Waals surface area contributed by atoms with Crippen molar-refractivity contribution in [3.05, 3.63) is 69.8 Å². The first-order valence-corrected chi connectivity index (χ1v) is 18.5. The van der Waals surface area contributed by atoms with Gasteiger partial charge in [-0.25, -0.2) is 0 Å². The molecule has 14 heteroatoms. The van der Waals surface area contributed by atoms with E-state index in [9.17, 15) is 24.9 Å². The number of carbonyl (C=O) groups excluding carboxylic acids is 2. The molecule has 2 aliphatic heterocycles. The summed E-state index contributed by atoms with van der Waals surface area (Å²) >= 11 is 12.9. The molecule has 1 fully saturated rings. The van der Waals surface area contributed by atoms with Gasteiger partial charge in [0.25, 0.3) is 6.47 Å². The van der Waals surface area contributed by atoms with Crippen molar-refractivity contribution in [2.45, 2.75) is 135 Å². The van der Waals surface area contributed by atoms with E-state index in [1.54, 1.807) is 69.5 Å². The fourth-order valence-electron chi connectivity index (χ4n) is 6.58. The largest absolute Gasteiger partial charge is 0.483 e. The maximum Gasteiger partial charge on any atom is 0.309 e. The molecular weight excluding hydrogens is 729 g/mol. The molecule has 12 nitrogen and oxygen atoms in total. The molecular formula is C39H57Cl2NO11. The number of aliphatic hydroxyl groups is 3. The van der Waals surface area contributed by atoms with Gasteiger partial charge in [-0.3, -0.25) is 14.4 Å². The standard InChI is InChI=1S/C38H55Cl2NO9.CH2O2/c1-9-30(47-8)24(4)34-35(50-34)36(41-21-27-28(39)13-10-14-29(27)40)38(7,46)18-11-12-22(2)33-23(3)15-16-31(48-25(5)42)37(6,45)19-17-26(43)20-32(44)49-33;2-1-3/h10-16,18,23-24,26,30-31,33-36,41,43,45-46H,9,17,19-21H2,1-8H3;1H,(H,2,3)/b16-15+,18-11+,22-12+;/t23-,24+,26+,30-,31-,33?,34+,35-,36?,37+,38?;/m0./s1. The molecule has 0 aliphatic carbocycles. The lowest BCUT2D eigenvalue weighted by Gasteiger charge is -2.32. The zero-order valence-electron chi connectivity index (χ0n) is 31.8. The van der Waals surface area contributed by atoms with Gasteiger partial charge in [-0.2, -0.15) is 0 Å². The second kappa shape index (κ2) is 21.3. The Morgan fingerprint density at radius 2 is 1.83 bits per heavy atom. The van der Waals surface area contributed by atoms with E-state index in [0.717, 1.165) is 6.42 Å². The van der Waals surface area contributed by atoms with Crippen molar-refractivity contribution in [1.29, 1.82) is 0 Å². The van der Waals surface area contributed by atoms with Gasteiger partial charge in [0, 0.05) is 48.0 Å². The van der Waals surface area contributed by atoms with Crippen LogP contribution in [0, 0.1) is 11.8 Å². The third kappa shape index (κ3) is 14.1. The Balaban J connectivity index is 0.00000313. The molecule has 3 unspecified atom stereocenters. The van der Waals surface area contributed by atoms with E-state index in [0.29, 0.717) is 27.7 Å². The van der Waals surface area contributed by atoms with E-state index < -0.39 is 53.4 Å². The number of aliphatic hydroxyl groups excluding tert-OH is 1. The van der Waals surface area contributed by atoms with Crippen LogP contribution in [0.15, 0.2) is 54.2 Å². The number of carbonyl (C=O) groups is 3. The number of benzene rings is 1. The smallest absolute Gasteiger partial charge is 0.309 e. The Hall–Kier alpha value is -2.81. The van der Waals surface area contributed by atoms with Crippen molar-refractivity contribution in [2.24, 2.45) is 11.8 Å². The van der Waals surface area contributed by atoms with Crippen LogP contribution < -0.4 is 5.32 Å². The summed E-state index contributed by atoms with van der Waals surface area (Å²) in [6.07, 6.45) is 5.97. The maximum absolute atomic E-state index is 12.9. The monoisotopic (exact) mass is 785 g/mol. The molecule has 2 heterocycles. The van der Waals surface area contributed by atoms with Gasteiger partial charge in [-0.05, 0) is 63.8 Å². The number of ether oxygens (including phenoxy) is 4.